The zero-order valence-electron chi connectivity index (χ0n) is 17.4. The largest absolute Gasteiger partial charge is 0.353 e. The molecule has 1 atom stereocenters. The summed E-state index contributed by atoms with van der Waals surface area (Å²) < 4.78 is 4.17. The van der Waals surface area contributed by atoms with E-state index >= 15 is 0 Å². The first kappa shape index (κ1) is 19.8. The van der Waals surface area contributed by atoms with Gasteiger partial charge >= 0.3 is 0 Å². The molecule has 3 heterocycles. The fourth-order valence-electron chi connectivity index (χ4n) is 4.08. The van der Waals surface area contributed by atoms with Crippen molar-refractivity contribution in [1.82, 2.24) is 24.2 Å². The molecule has 6 nitrogen and oxygen atoms in total. The predicted molar refractivity (Wildman–Crippen MR) is 115 cm³/mol. The highest BCUT2D eigenvalue weighted by molar-refractivity contribution is 7.99. The van der Waals surface area contributed by atoms with Crippen LogP contribution in [0.3, 0.4) is 0 Å². The van der Waals surface area contributed by atoms with E-state index in [4.69, 9.17) is 0 Å². The number of carbonyl (C=O) groups is 1. The van der Waals surface area contributed by atoms with E-state index in [9.17, 15) is 4.79 Å². The van der Waals surface area contributed by atoms with E-state index in [-0.39, 0.29) is 11.9 Å². The quantitative estimate of drug-likeness (QED) is 0.598. The summed E-state index contributed by atoms with van der Waals surface area (Å²) >= 11 is 1.47. The number of amides is 1. The van der Waals surface area contributed by atoms with Gasteiger partial charge in [-0.05, 0) is 62.9 Å². The lowest BCUT2D eigenvalue weighted by Gasteiger charge is -2.25. The van der Waals surface area contributed by atoms with Crippen molar-refractivity contribution < 1.29 is 4.79 Å². The van der Waals surface area contributed by atoms with Gasteiger partial charge in [-0.1, -0.05) is 23.9 Å². The molecule has 0 spiro atoms. The Morgan fingerprint density at radius 2 is 2.03 bits per heavy atom. The average molecular weight is 410 g/mol. The zero-order chi connectivity index (χ0) is 20.5. The lowest BCUT2D eigenvalue weighted by molar-refractivity contribution is -0.129. The minimum Gasteiger partial charge on any atom is -0.353 e. The molecule has 1 fully saturated rings. The minimum atomic E-state index is 0.159. The Labute approximate surface area is 175 Å². The van der Waals surface area contributed by atoms with Gasteiger partial charge in [-0.25, -0.2) is 0 Å². The van der Waals surface area contributed by atoms with Crippen molar-refractivity contribution in [1.29, 1.82) is 0 Å². The molecule has 4 rings (SSSR count). The van der Waals surface area contributed by atoms with Gasteiger partial charge in [0.05, 0.1) is 17.5 Å². The molecule has 1 aliphatic heterocycles. The smallest absolute Gasteiger partial charge is 0.233 e. The van der Waals surface area contributed by atoms with Crippen LogP contribution < -0.4 is 0 Å². The Balaban J connectivity index is 1.52. The molecular weight excluding hydrogens is 382 g/mol. The molecule has 7 heteroatoms. The van der Waals surface area contributed by atoms with Gasteiger partial charge in [-0.15, -0.1) is 10.2 Å². The highest BCUT2D eigenvalue weighted by Gasteiger charge is 2.31. The molecule has 152 valence electrons. The topological polar surface area (TPSA) is 56.0 Å². The molecule has 0 saturated carbocycles. The summed E-state index contributed by atoms with van der Waals surface area (Å²) in [5.41, 5.74) is 4.63. The third kappa shape index (κ3) is 3.83. The van der Waals surface area contributed by atoms with Crippen molar-refractivity contribution in [3.8, 4) is 5.69 Å². The molecule has 0 bridgehead atoms. The van der Waals surface area contributed by atoms with E-state index < -0.39 is 0 Å². The number of carbonyl (C=O) groups excluding carboxylic acids is 1. The molecule has 1 aromatic carbocycles. The van der Waals surface area contributed by atoms with E-state index in [0.717, 1.165) is 41.6 Å². The van der Waals surface area contributed by atoms with E-state index in [1.807, 2.05) is 31.1 Å². The second kappa shape index (κ2) is 8.06. The number of thioether (sulfide) groups is 1. The van der Waals surface area contributed by atoms with Crippen molar-refractivity contribution in [3.63, 3.8) is 0 Å². The number of likely N-dealkylation sites (tertiary alicyclic amines) is 1. The second-order valence-electron chi connectivity index (χ2n) is 7.73. The SMILES string of the molecule is Cc1ccc(C)c(-n2c(C)nnc2SCC(=O)N2CCCC2c2cccn2C)c1. The number of aryl methyl sites for hydroxylation is 4. The first-order valence-corrected chi connectivity index (χ1v) is 11.0. The Morgan fingerprint density at radius 1 is 1.21 bits per heavy atom. The number of hydrogen-bond acceptors (Lipinski definition) is 4. The molecule has 1 unspecified atom stereocenters. The van der Waals surface area contributed by atoms with Crippen LogP contribution in [0.4, 0.5) is 0 Å². The number of hydrogen-bond donors (Lipinski definition) is 0. The van der Waals surface area contributed by atoms with E-state index in [1.54, 1.807) is 0 Å². The average Bonchev–Trinajstić information content (AvgIpc) is 3.41. The number of rotatable bonds is 5. The summed E-state index contributed by atoms with van der Waals surface area (Å²) in [6, 6.07) is 10.7. The lowest BCUT2D eigenvalue weighted by atomic mass is 10.1. The molecule has 2 aromatic heterocycles. The van der Waals surface area contributed by atoms with E-state index in [1.165, 1.54) is 23.0 Å². The maximum absolute atomic E-state index is 13.0. The van der Waals surface area contributed by atoms with Crippen LogP contribution >= 0.6 is 11.8 Å². The molecule has 1 amide bonds. The van der Waals surface area contributed by atoms with Crippen molar-refractivity contribution >= 4 is 17.7 Å². The van der Waals surface area contributed by atoms with Crippen molar-refractivity contribution in [3.05, 3.63) is 59.2 Å². The molecule has 1 saturated heterocycles. The monoisotopic (exact) mass is 409 g/mol. The lowest BCUT2D eigenvalue weighted by Crippen LogP contribution is -2.32. The van der Waals surface area contributed by atoms with Crippen LogP contribution in [0.1, 0.15) is 41.5 Å². The van der Waals surface area contributed by atoms with Crippen LogP contribution in [0.5, 0.6) is 0 Å². The fourth-order valence-corrected chi connectivity index (χ4v) is 4.95. The molecule has 0 N–H and O–H groups in total. The molecular formula is C22H27N5OS. The Bertz CT molecular complexity index is 1040. The van der Waals surface area contributed by atoms with Gasteiger partial charge in [0.1, 0.15) is 5.82 Å². The Kier molecular flexibility index (Phi) is 5.50. The van der Waals surface area contributed by atoms with Crippen molar-refractivity contribution in [2.24, 2.45) is 7.05 Å². The summed E-state index contributed by atoms with van der Waals surface area (Å²) in [5, 5.41) is 9.38. The third-order valence-corrected chi connectivity index (χ3v) is 6.54. The number of aromatic nitrogens is 4. The van der Waals surface area contributed by atoms with Gasteiger partial charge < -0.3 is 9.47 Å². The molecule has 0 aliphatic carbocycles. The summed E-state index contributed by atoms with van der Waals surface area (Å²) in [6.45, 7) is 6.93. The van der Waals surface area contributed by atoms with Crippen molar-refractivity contribution in [2.75, 3.05) is 12.3 Å². The zero-order valence-corrected chi connectivity index (χ0v) is 18.2. The number of nitrogens with zero attached hydrogens (tertiary/aromatic N) is 5. The second-order valence-corrected chi connectivity index (χ2v) is 8.68. The van der Waals surface area contributed by atoms with Gasteiger partial charge in [-0.2, -0.15) is 0 Å². The molecule has 0 radical (unpaired) electrons. The normalized spacial score (nSPS) is 16.6. The minimum absolute atomic E-state index is 0.159. The van der Waals surface area contributed by atoms with Crippen LogP contribution in [0, 0.1) is 20.8 Å². The van der Waals surface area contributed by atoms with Crippen LogP contribution in [0.25, 0.3) is 5.69 Å². The highest BCUT2D eigenvalue weighted by atomic mass is 32.2. The van der Waals surface area contributed by atoms with Gasteiger partial charge in [0.2, 0.25) is 5.91 Å². The maximum Gasteiger partial charge on any atom is 0.233 e. The molecule has 3 aromatic rings. The van der Waals surface area contributed by atoms with Crippen LogP contribution in [0.2, 0.25) is 0 Å². The van der Waals surface area contributed by atoms with Crippen molar-refractivity contribution in [2.45, 2.75) is 44.8 Å². The first-order chi connectivity index (χ1) is 14.0. The van der Waals surface area contributed by atoms with Gasteiger partial charge in [0.25, 0.3) is 0 Å². The number of benzene rings is 1. The fraction of sp³-hybridized carbons (Fsp3) is 0.409. The standard InChI is InChI=1S/C22H27N5OS/c1-15-9-10-16(2)20(13-15)27-17(3)23-24-22(27)29-14-21(28)26-12-6-8-19(26)18-7-5-11-25(18)4/h5,7,9-11,13,19H,6,8,12,14H2,1-4H3. The van der Waals surface area contributed by atoms with Crippen LogP contribution in [0.15, 0.2) is 41.7 Å². The maximum atomic E-state index is 13.0. The predicted octanol–water partition coefficient (Wildman–Crippen LogP) is 3.99. The van der Waals surface area contributed by atoms with Crippen LogP contribution in [-0.2, 0) is 11.8 Å². The summed E-state index contributed by atoms with van der Waals surface area (Å²) in [4.78, 5) is 15.1. The van der Waals surface area contributed by atoms with Crippen LogP contribution in [-0.4, -0.2) is 42.4 Å². The summed E-state index contributed by atoms with van der Waals surface area (Å²) in [6.07, 6.45) is 4.11. The highest BCUT2D eigenvalue weighted by Crippen LogP contribution is 2.33. The Morgan fingerprint density at radius 3 is 2.79 bits per heavy atom. The third-order valence-electron chi connectivity index (χ3n) is 5.62. The summed E-state index contributed by atoms with van der Waals surface area (Å²) in [7, 11) is 2.04. The van der Waals surface area contributed by atoms with Gasteiger partial charge in [0, 0.05) is 25.5 Å². The summed E-state index contributed by atoms with van der Waals surface area (Å²) in [5.74, 6) is 1.35. The Hall–Kier alpha value is -2.54. The molecule has 29 heavy (non-hydrogen) atoms. The first-order valence-electron chi connectivity index (χ1n) is 9.99. The van der Waals surface area contributed by atoms with E-state index in [0.29, 0.717) is 5.75 Å². The van der Waals surface area contributed by atoms with Gasteiger partial charge in [0.15, 0.2) is 5.16 Å². The molecule has 1 aliphatic rings. The van der Waals surface area contributed by atoms with E-state index in [2.05, 4.69) is 57.4 Å². The van der Waals surface area contributed by atoms with Gasteiger partial charge in [-0.3, -0.25) is 9.36 Å².